The number of fused-ring (bicyclic) bond motifs is 1. The number of H-pyrrole nitrogens is 1. The standard InChI is InChI=1S/C25H39N3O6.C13H13NO4/c1-4-5-6-7-8-12-18(2)22(24(31)33-3)27-23(30)20-15-11-16-28(20)21(29)17-26-25(32)34-19-13-9-10-14-19;1-7-11(17-2)5-4-8-10(15)6-9(13(16)18-3)14-12(7)8/h8,12,19-20,22H,2,4-7,9-11,13-17H2,1,3H3,(H,26,32)(H,27,30);4-6H,1-3H3,(H,14,15)/b12-8-;. The second-order valence-electron chi connectivity index (χ2n) is 12.7. The fourth-order valence-corrected chi connectivity index (χ4v) is 6.17. The van der Waals surface area contributed by atoms with E-state index in [-0.39, 0.29) is 29.7 Å². The number of benzene rings is 1. The molecular weight excluding hydrogens is 672 g/mol. The van der Waals surface area contributed by atoms with Gasteiger partial charge in [-0.2, -0.15) is 0 Å². The number of ether oxygens (including phenoxy) is 4. The summed E-state index contributed by atoms with van der Waals surface area (Å²) in [4.78, 5) is 77.6. The average Bonchev–Trinajstić information content (AvgIpc) is 3.85. The van der Waals surface area contributed by atoms with Crippen molar-refractivity contribution in [2.75, 3.05) is 34.4 Å². The van der Waals surface area contributed by atoms with E-state index in [2.05, 4.69) is 33.9 Å². The van der Waals surface area contributed by atoms with Crippen LogP contribution in [0.5, 0.6) is 5.75 Å². The Hall–Kier alpha value is -5.14. The quantitative estimate of drug-likeness (QED) is 0.108. The lowest BCUT2D eigenvalue weighted by atomic mass is 10.1. The summed E-state index contributed by atoms with van der Waals surface area (Å²) in [7, 11) is 4.07. The maximum Gasteiger partial charge on any atom is 0.407 e. The molecule has 2 heterocycles. The Morgan fingerprint density at radius 2 is 1.77 bits per heavy atom. The zero-order valence-corrected chi connectivity index (χ0v) is 30.8. The van der Waals surface area contributed by atoms with Crippen LogP contribution in [0, 0.1) is 6.92 Å². The molecule has 2 aliphatic rings. The van der Waals surface area contributed by atoms with Crippen molar-refractivity contribution in [3.8, 4) is 5.75 Å². The molecule has 4 rings (SSSR count). The minimum absolute atomic E-state index is 0.0931. The number of aryl methyl sites for hydroxylation is 1. The van der Waals surface area contributed by atoms with Gasteiger partial charge < -0.3 is 39.5 Å². The van der Waals surface area contributed by atoms with Crippen LogP contribution in [0.25, 0.3) is 10.9 Å². The number of methoxy groups -OCH3 is 3. The zero-order valence-electron chi connectivity index (χ0n) is 30.8. The van der Waals surface area contributed by atoms with Gasteiger partial charge in [0, 0.05) is 23.6 Å². The number of rotatable bonds is 14. The summed E-state index contributed by atoms with van der Waals surface area (Å²) in [5.41, 5.74) is 1.69. The van der Waals surface area contributed by atoms with Gasteiger partial charge in [-0.15, -0.1) is 0 Å². The van der Waals surface area contributed by atoms with Crippen molar-refractivity contribution < 1.29 is 42.9 Å². The molecule has 2 unspecified atom stereocenters. The second-order valence-corrected chi connectivity index (χ2v) is 12.7. The molecule has 14 heteroatoms. The fourth-order valence-electron chi connectivity index (χ4n) is 6.17. The second kappa shape index (κ2) is 20.6. The monoisotopic (exact) mass is 724 g/mol. The molecule has 1 aliphatic carbocycles. The van der Waals surface area contributed by atoms with Crippen LogP contribution in [0.3, 0.4) is 0 Å². The molecule has 1 aromatic carbocycles. The van der Waals surface area contributed by atoms with Gasteiger partial charge in [-0.1, -0.05) is 38.5 Å². The lowest BCUT2D eigenvalue weighted by molar-refractivity contribution is -0.145. The van der Waals surface area contributed by atoms with Crippen molar-refractivity contribution in [1.29, 1.82) is 0 Å². The lowest BCUT2D eigenvalue weighted by Crippen LogP contribution is -2.53. The number of hydrogen-bond acceptors (Lipinski definition) is 10. The molecule has 284 valence electrons. The van der Waals surface area contributed by atoms with Crippen molar-refractivity contribution in [2.45, 2.75) is 96.2 Å². The summed E-state index contributed by atoms with van der Waals surface area (Å²) in [6.45, 7) is 8.02. The Kier molecular flexibility index (Phi) is 16.4. The Bertz CT molecular complexity index is 1680. The smallest absolute Gasteiger partial charge is 0.407 e. The topological polar surface area (TPSA) is 182 Å². The number of carbonyl (C=O) groups excluding carboxylic acids is 5. The van der Waals surface area contributed by atoms with Gasteiger partial charge in [0.15, 0.2) is 11.5 Å². The predicted octanol–water partition coefficient (Wildman–Crippen LogP) is 4.63. The van der Waals surface area contributed by atoms with Gasteiger partial charge in [-0.3, -0.25) is 14.4 Å². The summed E-state index contributed by atoms with van der Waals surface area (Å²) in [5.74, 6) is -1.36. The Morgan fingerprint density at radius 1 is 1.04 bits per heavy atom. The zero-order chi connectivity index (χ0) is 38.2. The molecule has 1 saturated carbocycles. The minimum atomic E-state index is -1.03. The molecule has 1 aliphatic heterocycles. The highest BCUT2D eigenvalue weighted by Crippen LogP contribution is 2.24. The highest BCUT2D eigenvalue weighted by atomic mass is 16.6. The van der Waals surface area contributed by atoms with Gasteiger partial charge >= 0.3 is 18.0 Å². The number of amides is 3. The van der Waals surface area contributed by atoms with E-state index in [9.17, 15) is 28.8 Å². The largest absolute Gasteiger partial charge is 0.496 e. The molecule has 2 atom stereocenters. The summed E-state index contributed by atoms with van der Waals surface area (Å²) < 4.78 is 19.9. The third-order valence-corrected chi connectivity index (χ3v) is 9.08. The number of carbonyl (C=O) groups is 5. The Morgan fingerprint density at radius 3 is 2.42 bits per heavy atom. The van der Waals surface area contributed by atoms with Crippen LogP contribution in [0.4, 0.5) is 4.79 Å². The van der Waals surface area contributed by atoms with E-state index >= 15 is 0 Å². The molecule has 0 radical (unpaired) electrons. The third kappa shape index (κ3) is 11.4. The molecular formula is C38H52N4O10. The molecule has 14 nitrogen and oxygen atoms in total. The number of nitrogens with one attached hydrogen (secondary N) is 3. The van der Waals surface area contributed by atoms with E-state index < -0.39 is 36.0 Å². The normalized spacial score (nSPS) is 16.1. The van der Waals surface area contributed by atoms with Crippen LogP contribution in [0.2, 0.25) is 0 Å². The van der Waals surface area contributed by atoms with Crippen LogP contribution in [-0.2, 0) is 28.6 Å². The molecule has 2 aromatic rings. The molecule has 3 amide bonds. The number of aromatic nitrogens is 1. The van der Waals surface area contributed by atoms with Crippen LogP contribution < -0.4 is 20.8 Å². The van der Waals surface area contributed by atoms with Crippen LogP contribution in [0.15, 0.2) is 47.3 Å². The molecule has 1 aromatic heterocycles. The predicted molar refractivity (Wildman–Crippen MR) is 195 cm³/mol. The Labute approximate surface area is 304 Å². The van der Waals surface area contributed by atoms with Gasteiger partial charge in [-0.25, -0.2) is 14.4 Å². The summed E-state index contributed by atoms with van der Waals surface area (Å²) in [5, 5.41) is 5.69. The molecule has 0 spiro atoms. The van der Waals surface area contributed by atoms with Gasteiger partial charge in [0.25, 0.3) is 0 Å². The maximum absolute atomic E-state index is 13.0. The summed E-state index contributed by atoms with van der Waals surface area (Å²) >= 11 is 0. The van der Waals surface area contributed by atoms with E-state index in [1.54, 1.807) is 25.3 Å². The van der Waals surface area contributed by atoms with E-state index in [0.29, 0.717) is 41.6 Å². The van der Waals surface area contributed by atoms with Crippen molar-refractivity contribution >= 4 is 40.7 Å². The lowest BCUT2D eigenvalue weighted by Gasteiger charge is -2.26. The van der Waals surface area contributed by atoms with E-state index in [1.807, 2.05) is 13.0 Å². The first-order valence-electron chi connectivity index (χ1n) is 17.7. The van der Waals surface area contributed by atoms with Crippen LogP contribution >= 0.6 is 0 Å². The number of alkyl carbamates (subject to hydrolysis) is 1. The van der Waals surface area contributed by atoms with Crippen molar-refractivity contribution in [2.24, 2.45) is 0 Å². The number of allylic oxidation sites excluding steroid dienone is 1. The maximum atomic E-state index is 13.0. The number of nitrogens with zero attached hydrogens (tertiary/aromatic N) is 1. The van der Waals surface area contributed by atoms with Crippen molar-refractivity contribution in [3.05, 3.63) is 64.0 Å². The fraction of sp³-hybridized carbons (Fsp3) is 0.526. The van der Waals surface area contributed by atoms with Crippen molar-refractivity contribution in [1.82, 2.24) is 20.5 Å². The summed E-state index contributed by atoms with van der Waals surface area (Å²) in [6, 6.07) is 2.87. The first kappa shape index (κ1) is 41.3. The van der Waals surface area contributed by atoms with E-state index in [0.717, 1.165) is 56.9 Å². The van der Waals surface area contributed by atoms with Gasteiger partial charge in [0.2, 0.25) is 11.8 Å². The average molecular weight is 725 g/mol. The first-order chi connectivity index (χ1) is 24.9. The summed E-state index contributed by atoms with van der Waals surface area (Å²) in [6.07, 6.45) is 12.0. The SMILES string of the molecule is C=C(/C=C\CCCCC)C(NC(=O)C1CCCN1C(=O)CNC(=O)OC1CCCC1)C(=O)OC.COC(=O)c1cc(=O)c2ccc(OC)c(C)c2[nH]1. The Balaban J connectivity index is 0.000000338. The molecule has 2 fully saturated rings. The molecule has 3 N–H and O–H groups in total. The number of unbranched alkanes of at least 4 members (excludes halogenated alkanes) is 3. The highest BCUT2D eigenvalue weighted by molar-refractivity contribution is 5.94. The number of pyridine rings is 1. The third-order valence-electron chi connectivity index (χ3n) is 9.08. The highest BCUT2D eigenvalue weighted by Gasteiger charge is 2.36. The van der Waals surface area contributed by atoms with Gasteiger partial charge in [0.1, 0.15) is 30.1 Å². The van der Waals surface area contributed by atoms with Crippen molar-refractivity contribution in [3.63, 3.8) is 0 Å². The number of likely N-dealkylation sites (tertiary alicyclic amines) is 1. The van der Waals surface area contributed by atoms with Gasteiger partial charge in [0.05, 0.1) is 26.8 Å². The molecule has 52 heavy (non-hydrogen) atoms. The van der Waals surface area contributed by atoms with E-state index in [1.165, 1.54) is 25.2 Å². The van der Waals surface area contributed by atoms with Crippen LogP contribution in [-0.4, -0.2) is 92.3 Å². The number of hydrogen-bond donors (Lipinski definition) is 3. The number of esters is 2. The number of aromatic amines is 1. The first-order valence-corrected chi connectivity index (χ1v) is 17.7. The van der Waals surface area contributed by atoms with E-state index in [4.69, 9.17) is 14.2 Å². The molecule has 0 bridgehead atoms. The van der Waals surface area contributed by atoms with Gasteiger partial charge in [-0.05, 0) is 76.0 Å². The molecule has 1 saturated heterocycles. The minimum Gasteiger partial charge on any atom is -0.496 e. The van der Waals surface area contributed by atoms with Crippen LogP contribution in [0.1, 0.15) is 87.2 Å².